The summed E-state index contributed by atoms with van der Waals surface area (Å²) in [6.07, 6.45) is 1.58. The van der Waals surface area contributed by atoms with Crippen molar-refractivity contribution in [2.24, 2.45) is 0 Å². The molecule has 1 amide bonds. The van der Waals surface area contributed by atoms with E-state index in [0.29, 0.717) is 11.6 Å². The number of aromatic nitrogens is 2. The third kappa shape index (κ3) is 3.81. The molecule has 0 aliphatic carbocycles. The van der Waals surface area contributed by atoms with Gasteiger partial charge in [0, 0.05) is 12.3 Å². The molecule has 0 unspecified atom stereocenters. The summed E-state index contributed by atoms with van der Waals surface area (Å²) < 4.78 is 19.3. The molecule has 1 N–H and O–H groups in total. The maximum atomic E-state index is 12.7. The monoisotopic (exact) mass is 274 g/mol. The molecule has 1 aromatic heterocycles. The maximum absolute atomic E-state index is 12.7. The molecule has 0 saturated heterocycles. The minimum atomic E-state index is -0.392. The smallest absolute Gasteiger partial charge is 0.263 e. The standard InChI is InChI=1S/C13H11FN4O2/c14-10-1-3-11(4-2-10)20-9-13(19)16-12-5-7-18(17-12)8-6-15/h1-5,7H,8-9H2,(H,16,17,19). The number of benzene rings is 1. The van der Waals surface area contributed by atoms with Gasteiger partial charge in [0.2, 0.25) is 0 Å². The van der Waals surface area contributed by atoms with E-state index in [2.05, 4.69) is 10.4 Å². The van der Waals surface area contributed by atoms with Crippen LogP contribution in [0.15, 0.2) is 36.5 Å². The lowest BCUT2D eigenvalue weighted by Gasteiger charge is -2.05. The zero-order chi connectivity index (χ0) is 14.4. The molecular formula is C13H11FN4O2. The lowest BCUT2D eigenvalue weighted by atomic mass is 10.3. The van der Waals surface area contributed by atoms with Gasteiger partial charge in [-0.15, -0.1) is 0 Å². The van der Waals surface area contributed by atoms with E-state index in [4.69, 9.17) is 10.00 Å². The SMILES string of the molecule is N#CCn1ccc(NC(=O)COc2ccc(F)cc2)n1. The summed E-state index contributed by atoms with van der Waals surface area (Å²) in [7, 11) is 0. The van der Waals surface area contributed by atoms with E-state index in [1.165, 1.54) is 28.9 Å². The van der Waals surface area contributed by atoms with Gasteiger partial charge in [0.15, 0.2) is 12.4 Å². The normalized spacial score (nSPS) is 9.80. The second-order valence-corrected chi connectivity index (χ2v) is 3.85. The number of carbonyl (C=O) groups is 1. The Morgan fingerprint density at radius 1 is 1.40 bits per heavy atom. The number of rotatable bonds is 5. The fourth-order valence-corrected chi connectivity index (χ4v) is 1.45. The Balaban J connectivity index is 1.83. The van der Waals surface area contributed by atoms with Gasteiger partial charge in [-0.2, -0.15) is 10.4 Å². The molecule has 1 aromatic carbocycles. The average molecular weight is 274 g/mol. The number of ether oxygens (including phenoxy) is 1. The molecule has 2 aromatic rings. The Labute approximate surface area is 114 Å². The maximum Gasteiger partial charge on any atom is 0.263 e. The molecule has 1 heterocycles. The van der Waals surface area contributed by atoms with Gasteiger partial charge in [-0.25, -0.2) is 4.39 Å². The number of anilines is 1. The van der Waals surface area contributed by atoms with Crippen molar-refractivity contribution in [2.75, 3.05) is 11.9 Å². The van der Waals surface area contributed by atoms with Crippen molar-refractivity contribution in [2.45, 2.75) is 6.54 Å². The molecule has 0 aliphatic heterocycles. The van der Waals surface area contributed by atoms with Crippen LogP contribution in [0.2, 0.25) is 0 Å². The van der Waals surface area contributed by atoms with Crippen molar-refractivity contribution in [3.63, 3.8) is 0 Å². The third-order valence-corrected chi connectivity index (χ3v) is 2.32. The molecule has 0 fully saturated rings. The fourth-order valence-electron chi connectivity index (χ4n) is 1.45. The van der Waals surface area contributed by atoms with Crippen LogP contribution in [0.5, 0.6) is 5.75 Å². The zero-order valence-electron chi connectivity index (χ0n) is 10.4. The average Bonchev–Trinajstić information content (AvgIpc) is 2.86. The second-order valence-electron chi connectivity index (χ2n) is 3.85. The number of amides is 1. The molecule has 0 bridgehead atoms. The van der Waals surface area contributed by atoms with Crippen LogP contribution in [0.3, 0.4) is 0 Å². The highest BCUT2D eigenvalue weighted by atomic mass is 19.1. The first-order valence-electron chi connectivity index (χ1n) is 5.76. The largest absolute Gasteiger partial charge is 0.484 e. The predicted molar refractivity (Wildman–Crippen MR) is 68.4 cm³/mol. The Morgan fingerprint density at radius 2 is 2.15 bits per heavy atom. The molecule has 0 saturated carbocycles. The second kappa shape index (κ2) is 6.33. The van der Waals surface area contributed by atoms with Crippen LogP contribution in [0.4, 0.5) is 10.2 Å². The van der Waals surface area contributed by atoms with E-state index in [9.17, 15) is 9.18 Å². The van der Waals surface area contributed by atoms with Gasteiger partial charge in [0.25, 0.3) is 5.91 Å². The first-order chi connectivity index (χ1) is 9.67. The molecule has 6 nitrogen and oxygen atoms in total. The van der Waals surface area contributed by atoms with Crippen LogP contribution < -0.4 is 10.1 Å². The van der Waals surface area contributed by atoms with Crippen LogP contribution in [0.1, 0.15) is 0 Å². The molecule has 20 heavy (non-hydrogen) atoms. The van der Waals surface area contributed by atoms with Gasteiger partial charge >= 0.3 is 0 Å². The number of carbonyl (C=O) groups excluding carboxylic acids is 1. The minimum absolute atomic E-state index is 0.113. The van der Waals surface area contributed by atoms with Crippen molar-refractivity contribution in [1.29, 1.82) is 5.26 Å². The van der Waals surface area contributed by atoms with Crippen LogP contribution >= 0.6 is 0 Å². The van der Waals surface area contributed by atoms with Crippen molar-refractivity contribution < 1.29 is 13.9 Å². The number of hydrogen-bond donors (Lipinski definition) is 1. The number of nitriles is 1. The molecule has 0 atom stereocenters. The van der Waals surface area contributed by atoms with Gasteiger partial charge < -0.3 is 10.1 Å². The number of nitrogens with one attached hydrogen (secondary N) is 1. The Bertz CT molecular complexity index is 631. The number of hydrogen-bond acceptors (Lipinski definition) is 4. The summed E-state index contributed by atoms with van der Waals surface area (Å²) in [6.45, 7) is -0.0985. The summed E-state index contributed by atoms with van der Waals surface area (Å²) in [6, 6.07) is 8.87. The van der Waals surface area contributed by atoms with E-state index in [1.807, 2.05) is 6.07 Å². The molecule has 0 aliphatic rings. The van der Waals surface area contributed by atoms with Gasteiger partial charge in [-0.05, 0) is 24.3 Å². The Morgan fingerprint density at radius 3 is 2.85 bits per heavy atom. The summed E-state index contributed by atoms with van der Waals surface area (Å²) >= 11 is 0. The minimum Gasteiger partial charge on any atom is -0.484 e. The first-order valence-corrected chi connectivity index (χ1v) is 5.76. The zero-order valence-corrected chi connectivity index (χ0v) is 10.4. The topological polar surface area (TPSA) is 79.9 Å². The van der Waals surface area contributed by atoms with E-state index in [1.54, 1.807) is 12.3 Å². The predicted octanol–water partition coefficient (Wildman–Crippen LogP) is 1.56. The quantitative estimate of drug-likeness (QED) is 0.897. The van der Waals surface area contributed by atoms with E-state index >= 15 is 0 Å². The van der Waals surface area contributed by atoms with Crippen molar-refractivity contribution in [3.8, 4) is 11.8 Å². The Kier molecular flexibility index (Phi) is 4.29. The molecule has 2 rings (SSSR count). The molecule has 102 valence electrons. The first kappa shape index (κ1) is 13.5. The molecular weight excluding hydrogens is 263 g/mol. The van der Waals surface area contributed by atoms with Crippen molar-refractivity contribution >= 4 is 11.7 Å². The van der Waals surface area contributed by atoms with Crippen LogP contribution in [0, 0.1) is 17.1 Å². The highest BCUT2D eigenvalue weighted by Crippen LogP contribution is 2.11. The Hall–Kier alpha value is -2.88. The van der Waals surface area contributed by atoms with E-state index < -0.39 is 5.91 Å². The third-order valence-electron chi connectivity index (χ3n) is 2.32. The highest BCUT2D eigenvalue weighted by molar-refractivity contribution is 5.90. The van der Waals surface area contributed by atoms with Gasteiger partial charge in [-0.1, -0.05) is 0 Å². The molecule has 0 spiro atoms. The summed E-state index contributed by atoms with van der Waals surface area (Å²) in [5.41, 5.74) is 0. The van der Waals surface area contributed by atoms with Crippen molar-refractivity contribution in [1.82, 2.24) is 9.78 Å². The number of halogens is 1. The van der Waals surface area contributed by atoms with Crippen molar-refractivity contribution in [3.05, 3.63) is 42.3 Å². The van der Waals surface area contributed by atoms with Crippen LogP contribution in [-0.2, 0) is 11.3 Å². The van der Waals surface area contributed by atoms with E-state index in [0.717, 1.165) is 0 Å². The summed E-state index contributed by atoms with van der Waals surface area (Å²) in [4.78, 5) is 11.6. The molecule has 7 heteroatoms. The summed E-state index contributed by atoms with van der Waals surface area (Å²) in [5, 5.41) is 15.0. The lowest BCUT2D eigenvalue weighted by molar-refractivity contribution is -0.118. The fraction of sp³-hybridized carbons (Fsp3) is 0.154. The van der Waals surface area contributed by atoms with Gasteiger partial charge in [-0.3, -0.25) is 9.48 Å². The van der Waals surface area contributed by atoms with E-state index in [-0.39, 0.29) is 19.0 Å². The van der Waals surface area contributed by atoms with Crippen LogP contribution in [0.25, 0.3) is 0 Å². The lowest BCUT2D eigenvalue weighted by Crippen LogP contribution is -2.20. The highest BCUT2D eigenvalue weighted by Gasteiger charge is 2.06. The number of nitrogens with zero attached hydrogens (tertiary/aromatic N) is 3. The van der Waals surface area contributed by atoms with Crippen LogP contribution in [-0.4, -0.2) is 22.3 Å². The van der Waals surface area contributed by atoms with Gasteiger partial charge in [0.1, 0.15) is 18.1 Å². The van der Waals surface area contributed by atoms with Gasteiger partial charge in [0.05, 0.1) is 6.07 Å². The molecule has 0 radical (unpaired) electrons. The summed E-state index contributed by atoms with van der Waals surface area (Å²) in [5.74, 6) is -0.0223.